The molecule has 5 N–H and O–H groups in total. The molecule has 3 rings (SSSR count). The van der Waals surface area contributed by atoms with E-state index < -0.39 is 29.8 Å². The summed E-state index contributed by atoms with van der Waals surface area (Å²) in [5.41, 5.74) is 9.09. The lowest BCUT2D eigenvalue weighted by molar-refractivity contribution is -0.643. The molecular weight excluding hydrogens is 556 g/mol. The highest BCUT2D eigenvalue weighted by Gasteiger charge is 2.28. The third kappa shape index (κ3) is 7.93. The van der Waals surface area contributed by atoms with Crippen LogP contribution >= 0.6 is 24.2 Å². The Kier molecular flexibility index (Phi) is 10.5. The second-order valence-corrected chi connectivity index (χ2v) is 9.76. The van der Waals surface area contributed by atoms with Crippen molar-refractivity contribution in [1.29, 1.82) is 0 Å². The summed E-state index contributed by atoms with van der Waals surface area (Å²) < 4.78 is 2.81. The number of thiol groups is 1. The van der Waals surface area contributed by atoms with E-state index in [-0.39, 0.29) is 43.8 Å². The molecule has 0 aliphatic rings. The third-order valence-corrected chi connectivity index (χ3v) is 6.35. The molecule has 0 unspecified atom stereocenters. The van der Waals surface area contributed by atoms with Crippen LogP contribution in [0.4, 0.5) is 5.95 Å². The maximum Gasteiger partial charge on any atom is 0.364 e. The number of Topliss-reactive ketones (excluding diaryl/α,β-unsaturated/α-hetero) is 2. The number of nitrogen functional groups attached to an aromatic ring is 1. The minimum absolute atomic E-state index is 0.0307. The molecule has 0 atom stereocenters. The van der Waals surface area contributed by atoms with Gasteiger partial charge in [0.15, 0.2) is 11.6 Å². The first-order valence-electron chi connectivity index (χ1n) is 12.2. The lowest BCUT2D eigenvalue weighted by Crippen LogP contribution is -2.42. The van der Waals surface area contributed by atoms with Crippen LogP contribution in [0.2, 0.25) is 5.02 Å². The zero-order valence-corrected chi connectivity index (χ0v) is 23.5. The van der Waals surface area contributed by atoms with E-state index in [9.17, 15) is 24.0 Å². The summed E-state index contributed by atoms with van der Waals surface area (Å²) in [7, 11) is 0. The number of fused-ring (bicyclic) bond motifs is 1. The standard InChI is InChI=1S/C27H29ClN6O5S/c1-16-3-8-22-23(9-16)33(27(29)34(22)26(39)18-4-6-19(28)7-5-18)14-21(36)10-20(35)12-32-24(37)13-30-17(2)11-31-25(38)15-40/h3-9,29-30H,2,10-15H2,1H3,(H3,31,32,37,38,40)/p+1. The number of rotatable bonds is 13. The molecule has 0 saturated heterocycles. The molecule has 0 bridgehead atoms. The molecule has 2 amide bonds. The number of carbonyl (C=O) groups is 5. The molecule has 1 aromatic heterocycles. The molecule has 0 aliphatic heterocycles. The summed E-state index contributed by atoms with van der Waals surface area (Å²) in [5.74, 6) is -2.03. The smallest absolute Gasteiger partial charge is 0.364 e. The zero-order chi connectivity index (χ0) is 29.4. The van der Waals surface area contributed by atoms with E-state index in [2.05, 4.69) is 35.2 Å². The first-order chi connectivity index (χ1) is 19.0. The number of aryl methyl sites for hydroxylation is 1. The van der Waals surface area contributed by atoms with Crippen molar-refractivity contribution in [1.82, 2.24) is 20.5 Å². The first-order valence-corrected chi connectivity index (χ1v) is 13.2. The number of hydrogen-bond donors (Lipinski definition) is 5. The molecule has 13 heteroatoms. The Morgan fingerprint density at radius 2 is 1.62 bits per heavy atom. The summed E-state index contributed by atoms with van der Waals surface area (Å²) in [6.45, 7) is 4.94. The van der Waals surface area contributed by atoms with Crippen LogP contribution in [0.25, 0.3) is 11.0 Å². The predicted octanol–water partition coefficient (Wildman–Crippen LogP) is 0.955. The molecule has 0 fully saturated rings. The Bertz CT molecular complexity index is 1480. The van der Waals surface area contributed by atoms with Gasteiger partial charge >= 0.3 is 11.9 Å². The number of carbonyl (C=O) groups excluding carboxylic acids is 5. The maximum atomic E-state index is 13.3. The van der Waals surface area contributed by atoms with E-state index in [1.807, 2.05) is 13.0 Å². The van der Waals surface area contributed by atoms with Gasteiger partial charge in [0.05, 0.1) is 37.4 Å². The number of nitrogens with zero attached hydrogens (tertiary/aromatic N) is 2. The second kappa shape index (κ2) is 13.8. The van der Waals surface area contributed by atoms with Gasteiger partial charge in [0, 0.05) is 10.7 Å². The van der Waals surface area contributed by atoms with Crippen LogP contribution in [0, 0.1) is 6.92 Å². The highest BCUT2D eigenvalue weighted by Crippen LogP contribution is 2.20. The second-order valence-electron chi connectivity index (χ2n) is 9.01. The van der Waals surface area contributed by atoms with Gasteiger partial charge in [0.25, 0.3) is 0 Å². The van der Waals surface area contributed by atoms with Crippen molar-refractivity contribution in [3.05, 3.63) is 70.9 Å². The molecule has 2 aromatic carbocycles. The molecule has 210 valence electrons. The van der Waals surface area contributed by atoms with Crippen LogP contribution in [-0.4, -0.2) is 59.2 Å². The molecule has 0 radical (unpaired) electrons. The Balaban J connectivity index is 1.62. The number of ketones is 2. The Hall–Kier alpha value is -4.16. The summed E-state index contributed by atoms with van der Waals surface area (Å²) in [6.07, 6.45) is -0.438. The quantitative estimate of drug-likeness (QED) is 0.114. The minimum Gasteiger partial charge on any atom is -0.379 e. The summed E-state index contributed by atoms with van der Waals surface area (Å²) in [5, 5.41) is 8.20. The largest absolute Gasteiger partial charge is 0.379 e. The normalized spacial score (nSPS) is 10.7. The van der Waals surface area contributed by atoms with Crippen molar-refractivity contribution in [2.75, 3.05) is 31.1 Å². The number of amides is 2. The van der Waals surface area contributed by atoms with E-state index in [0.717, 1.165) is 5.56 Å². The van der Waals surface area contributed by atoms with Crippen LogP contribution in [0.3, 0.4) is 0 Å². The number of nitrogens with one attached hydrogen (secondary N) is 3. The van der Waals surface area contributed by atoms with Crippen molar-refractivity contribution in [2.24, 2.45) is 0 Å². The average molecular weight is 586 g/mol. The number of anilines is 1. The van der Waals surface area contributed by atoms with Gasteiger partial charge in [-0.2, -0.15) is 17.2 Å². The maximum absolute atomic E-state index is 13.3. The van der Waals surface area contributed by atoms with Gasteiger partial charge < -0.3 is 16.0 Å². The number of imidazole rings is 1. The van der Waals surface area contributed by atoms with Gasteiger partial charge in [-0.15, -0.1) is 0 Å². The van der Waals surface area contributed by atoms with Crippen molar-refractivity contribution < 1.29 is 28.5 Å². The van der Waals surface area contributed by atoms with Gasteiger partial charge in [-0.3, -0.25) is 24.9 Å². The lowest BCUT2D eigenvalue weighted by atomic mass is 10.2. The number of nitrogens with two attached hydrogens (primary N) is 1. The van der Waals surface area contributed by atoms with Gasteiger partial charge in [-0.1, -0.05) is 24.2 Å². The number of hydrogen-bond acceptors (Lipinski definition) is 8. The van der Waals surface area contributed by atoms with E-state index in [4.69, 9.17) is 17.3 Å². The molecule has 0 spiro atoms. The van der Waals surface area contributed by atoms with E-state index in [1.54, 1.807) is 36.4 Å². The third-order valence-electron chi connectivity index (χ3n) is 5.82. The SMILES string of the molecule is C=C(CNC(=O)CS)NCC(=O)NCC(=O)CC(=O)C[n+]1c(N)n(C(=O)c2ccc(Cl)cc2)c2ccc(C)cc21. The number of aromatic nitrogens is 2. The summed E-state index contributed by atoms with van der Waals surface area (Å²) in [4.78, 5) is 61.7. The fourth-order valence-electron chi connectivity index (χ4n) is 3.81. The van der Waals surface area contributed by atoms with Gasteiger partial charge in [0.1, 0.15) is 17.6 Å². The molecule has 40 heavy (non-hydrogen) atoms. The topological polar surface area (TPSA) is 156 Å². The van der Waals surface area contributed by atoms with Crippen LogP contribution < -0.4 is 26.3 Å². The monoisotopic (exact) mass is 585 g/mol. The van der Waals surface area contributed by atoms with Crippen LogP contribution in [0.5, 0.6) is 0 Å². The van der Waals surface area contributed by atoms with Crippen LogP contribution in [0.1, 0.15) is 22.3 Å². The molecule has 0 saturated carbocycles. The fourth-order valence-corrected chi connectivity index (χ4v) is 4.05. The van der Waals surface area contributed by atoms with Crippen LogP contribution in [0.15, 0.2) is 54.7 Å². The van der Waals surface area contributed by atoms with Crippen molar-refractivity contribution in [3.8, 4) is 0 Å². The first kappa shape index (κ1) is 30.4. The fraction of sp³-hybridized carbons (Fsp3) is 0.259. The average Bonchev–Trinajstić information content (AvgIpc) is 3.19. The highest BCUT2D eigenvalue weighted by atomic mass is 35.5. The Morgan fingerprint density at radius 3 is 2.30 bits per heavy atom. The van der Waals surface area contributed by atoms with Gasteiger partial charge in [-0.05, 0) is 48.9 Å². The molecule has 3 aromatic rings. The van der Waals surface area contributed by atoms with E-state index in [0.29, 0.717) is 27.3 Å². The Labute approximate surface area is 241 Å². The molecular formula is C27H30ClN6O5S+. The van der Waals surface area contributed by atoms with E-state index >= 15 is 0 Å². The number of halogens is 1. The Morgan fingerprint density at radius 1 is 0.950 bits per heavy atom. The minimum atomic E-state index is -0.491. The summed E-state index contributed by atoms with van der Waals surface area (Å²) in [6, 6.07) is 11.7. The molecule has 11 nitrogen and oxygen atoms in total. The molecule has 0 aliphatic carbocycles. The predicted molar refractivity (Wildman–Crippen MR) is 154 cm³/mol. The zero-order valence-electron chi connectivity index (χ0n) is 21.8. The van der Waals surface area contributed by atoms with E-state index in [1.165, 1.54) is 9.13 Å². The van der Waals surface area contributed by atoms with Gasteiger partial charge in [0.2, 0.25) is 11.8 Å². The lowest BCUT2D eigenvalue weighted by Gasteiger charge is -2.10. The van der Waals surface area contributed by atoms with Crippen molar-refractivity contribution in [2.45, 2.75) is 19.9 Å². The highest BCUT2D eigenvalue weighted by molar-refractivity contribution is 7.81. The van der Waals surface area contributed by atoms with Crippen LogP contribution in [-0.2, 0) is 25.7 Å². The van der Waals surface area contributed by atoms with Crippen molar-refractivity contribution >= 4 is 70.5 Å². The van der Waals surface area contributed by atoms with Gasteiger partial charge in [-0.25, -0.2) is 9.36 Å². The van der Waals surface area contributed by atoms with Crippen molar-refractivity contribution in [3.63, 3.8) is 0 Å². The summed E-state index contributed by atoms with van der Waals surface area (Å²) >= 11 is 9.79. The molecule has 1 heterocycles. The number of benzene rings is 2.